The number of rotatable bonds is 2. The molecule has 2 heterocycles. The Bertz CT molecular complexity index is 1190. The summed E-state index contributed by atoms with van der Waals surface area (Å²) in [5.41, 5.74) is 0.785. The normalized spacial score (nSPS) is 14.0. The van der Waals surface area contributed by atoms with Gasteiger partial charge in [0, 0.05) is 17.4 Å². The quantitative estimate of drug-likeness (QED) is 0.745. The van der Waals surface area contributed by atoms with Crippen LogP contribution in [-0.2, 0) is 0 Å². The molecule has 0 spiro atoms. The summed E-state index contributed by atoms with van der Waals surface area (Å²) in [6.07, 6.45) is 3.04. The molecule has 7 heteroatoms. The summed E-state index contributed by atoms with van der Waals surface area (Å²) in [6.45, 7) is 0. The Morgan fingerprint density at radius 2 is 1.81 bits per heavy atom. The summed E-state index contributed by atoms with van der Waals surface area (Å²) in [6, 6.07) is 12.3. The second kappa shape index (κ2) is 5.96. The summed E-state index contributed by atoms with van der Waals surface area (Å²) in [4.78, 5) is 30.8. The fourth-order valence-electron chi connectivity index (χ4n) is 2.81. The van der Waals surface area contributed by atoms with Crippen LogP contribution < -0.4 is 11.2 Å². The molecule has 4 rings (SSSR count). The van der Waals surface area contributed by atoms with Gasteiger partial charge in [-0.25, -0.2) is 13.8 Å². The van der Waals surface area contributed by atoms with E-state index in [4.69, 9.17) is 0 Å². The molecule has 3 aromatic rings. The van der Waals surface area contributed by atoms with E-state index in [1.807, 2.05) is 24.3 Å². The van der Waals surface area contributed by atoms with Gasteiger partial charge in [0.2, 0.25) is 5.88 Å². The first kappa shape index (κ1) is 15.8. The number of H-pyrrole nitrogens is 1. The second-order valence-corrected chi connectivity index (χ2v) is 5.68. The number of nitrogens with zero attached hydrogens (tertiary/aromatic N) is 2. The molecule has 2 aromatic carbocycles. The molecule has 0 atom stereocenters. The van der Waals surface area contributed by atoms with Crippen LogP contribution in [-0.4, -0.2) is 20.9 Å². The van der Waals surface area contributed by atoms with Gasteiger partial charge < -0.3 is 5.11 Å². The third kappa shape index (κ3) is 2.55. The molecule has 1 aliphatic heterocycles. The number of aromatic amines is 1. The molecule has 0 radical (unpaired) electrons. The number of fused-ring (bicyclic) bond motifs is 1. The number of aliphatic imine (C=N–C) groups is 1. The molecule has 0 saturated heterocycles. The first-order valence-corrected chi connectivity index (χ1v) is 7.74. The largest absolute Gasteiger partial charge is 0.494 e. The van der Waals surface area contributed by atoms with Gasteiger partial charge in [-0.05, 0) is 36.4 Å². The third-order valence-electron chi connectivity index (χ3n) is 4.06. The number of benzene rings is 2. The number of aromatic hydroxyl groups is 1. The molecule has 0 bridgehead atoms. The Morgan fingerprint density at radius 3 is 2.58 bits per heavy atom. The number of nitrogens with one attached hydrogen (secondary N) is 1. The lowest BCUT2D eigenvalue weighted by molar-refractivity contribution is 0.429. The molecule has 0 aliphatic carbocycles. The van der Waals surface area contributed by atoms with E-state index in [1.165, 1.54) is 18.2 Å². The maximum Gasteiger partial charge on any atom is 0.335 e. The van der Waals surface area contributed by atoms with Crippen LogP contribution in [0.15, 0.2) is 63.1 Å². The van der Waals surface area contributed by atoms with Gasteiger partial charge in [0.1, 0.15) is 11.4 Å². The molecular weight excluding hydrogens is 337 g/mol. The van der Waals surface area contributed by atoms with Crippen molar-refractivity contribution >= 4 is 23.6 Å². The summed E-state index contributed by atoms with van der Waals surface area (Å²) in [7, 11) is 0. The number of hydrogen-bond donors (Lipinski definition) is 2. The minimum atomic E-state index is -0.818. The van der Waals surface area contributed by atoms with Gasteiger partial charge in [-0.1, -0.05) is 18.2 Å². The average Bonchev–Trinajstić information content (AvgIpc) is 3.03. The molecule has 1 aromatic heterocycles. The molecule has 0 amide bonds. The van der Waals surface area contributed by atoms with Crippen LogP contribution in [0, 0.1) is 5.82 Å². The highest BCUT2D eigenvalue weighted by molar-refractivity contribution is 6.21. The third-order valence-corrected chi connectivity index (χ3v) is 4.06. The Hall–Kier alpha value is -3.74. The van der Waals surface area contributed by atoms with E-state index in [9.17, 15) is 19.1 Å². The van der Waals surface area contributed by atoms with Gasteiger partial charge in [0.25, 0.3) is 5.56 Å². The Balaban J connectivity index is 1.91. The van der Waals surface area contributed by atoms with Gasteiger partial charge in [-0.2, -0.15) is 0 Å². The van der Waals surface area contributed by atoms with Crippen LogP contribution in [0.5, 0.6) is 5.88 Å². The molecule has 26 heavy (non-hydrogen) atoms. The molecular formula is C19H12FN3O3. The number of hydrogen-bond acceptors (Lipinski definition) is 4. The standard InChI is InChI=1S/C19H12FN3O3/c20-12-5-7-13(8-6-12)23-18(25)15(17(24)22-19(23)26)9-11-10-21-16-4-2-1-3-14(11)16/h1-10,25H,(H,22,24,26)/b11-9+. The molecule has 2 N–H and O–H groups in total. The van der Waals surface area contributed by atoms with Crippen LogP contribution in [0.3, 0.4) is 0 Å². The van der Waals surface area contributed by atoms with E-state index >= 15 is 0 Å². The highest BCUT2D eigenvalue weighted by atomic mass is 19.1. The summed E-state index contributed by atoms with van der Waals surface area (Å²) in [5.74, 6) is -1.01. The van der Waals surface area contributed by atoms with Gasteiger partial charge in [0.15, 0.2) is 0 Å². The predicted molar refractivity (Wildman–Crippen MR) is 96.7 cm³/mol. The topological polar surface area (TPSA) is 87.5 Å². The highest BCUT2D eigenvalue weighted by Crippen LogP contribution is 2.32. The molecule has 1 aliphatic rings. The minimum Gasteiger partial charge on any atom is -0.494 e. The van der Waals surface area contributed by atoms with Crippen molar-refractivity contribution in [2.45, 2.75) is 0 Å². The number of halogens is 1. The number of para-hydroxylation sites is 1. The van der Waals surface area contributed by atoms with Gasteiger partial charge in [-0.3, -0.25) is 14.8 Å². The van der Waals surface area contributed by atoms with Crippen LogP contribution in [0.4, 0.5) is 10.1 Å². The Kier molecular flexibility index (Phi) is 3.62. The fraction of sp³-hybridized carbons (Fsp3) is 0. The number of aromatic nitrogens is 2. The monoisotopic (exact) mass is 349 g/mol. The van der Waals surface area contributed by atoms with E-state index in [-0.39, 0.29) is 11.3 Å². The van der Waals surface area contributed by atoms with E-state index < -0.39 is 22.9 Å². The SMILES string of the molecule is O=c1[nH]c(=O)n(-c2ccc(F)cc2)c(O)c1/C=C1\C=Nc2ccccc21. The Morgan fingerprint density at radius 1 is 1.08 bits per heavy atom. The second-order valence-electron chi connectivity index (χ2n) is 5.68. The van der Waals surface area contributed by atoms with Crippen molar-refractivity contribution in [2.24, 2.45) is 4.99 Å². The lowest BCUT2D eigenvalue weighted by atomic mass is 10.1. The summed E-state index contributed by atoms with van der Waals surface area (Å²) >= 11 is 0. The lowest BCUT2D eigenvalue weighted by Crippen LogP contribution is -2.30. The van der Waals surface area contributed by atoms with Crippen molar-refractivity contribution in [3.63, 3.8) is 0 Å². The zero-order valence-corrected chi connectivity index (χ0v) is 13.3. The van der Waals surface area contributed by atoms with E-state index in [1.54, 1.807) is 6.21 Å². The van der Waals surface area contributed by atoms with Gasteiger partial charge in [0.05, 0.1) is 11.4 Å². The fourth-order valence-corrected chi connectivity index (χ4v) is 2.81. The maximum atomic E-state index is 13.1. The molecule has 0 fully saturated rings. The zero-order chi connectivity index (χ0) is 18.3. The molecule has 0 unspecified atom stereocenters. The van der Waals surface area contributed by atoms with Gasteiger partial charge in [-0.15, -0.1) is 0 Å². The lowest BCUT2D eigenvalue weighted by Gasteiger charge is -2.10. The number of allylic oxidation sites excluding steroid dienone is 1. The van der Waals surface area contributed by atoms with Crippen molar-refractivity contribution in [3.8, 4) is 11.6 Å². The first-order valence-electron chi connectivity index (χ1n) is 7.74. The van der Waals surface area contributed by atoms with E-state index in [0.29, 0.717) is 5.57 Å². The first-order chi connectivity index (χ1) is 12.5. The van der Waals surface area contributed by atoms with Crippen molar-refractivity contribution < 1.29 is 9.50 Å². The predicted octanol–water partition coefficient (Wildman–Crippen LogP) is 2.63. The summed E-state index contributed by atoms with van der Waals surface area (Å²) < 4.78 is 14.0. The highest BCUT2D eigenvalue weighted by Gasteiger charge is 2.17. The molecule has 0 saturated carbocycles. The van der Waals surface area contributed by atoms with Crippen LogP contribution in [0.25, 0.3) is 17.3 Å². The van der Waals surface area contributed by atoms with Crippen molar-refractivity contribution in [3.05, 3.63) is 86.3 Å². The summed E-state index contributed by atoms with van der Waals surface area (Å²) in [5, 5.41) is 10.5. The zero-order valence-electron chi connectivity index (χ0n) is 13.3. The minimum absolute atomic E-state index is 0.0907. The Labute approximate surface area is 146 Å². The average molecular weight is 349 g/mol. The maximum absolute atomic E-state index is 13.1. The van der Waals surface area contributed by atoms with Crippen molar-refractivity contribution in [1.29, 1.82) is 0 Å². The molecule has 6 nitrogen and oxygen atoms in total. The van der Waals surface area contributed by atoms with Crippen molar-refractivity contribution in [1.82, 2.24) is 9.55 Å². The van der Waals surface area contributed by atoms with E-state index in [0.717, 1.165) is 28.0 Å². The molecule has 128 valence electrons. The van der Waals surface area contributed by atoms with Gasteiger partial charge >= 0.3 is 5.69 Å². The van der Waals surface area contributed by atoms with Crippen molar-refractivity contribution in [2.75, 3.05) is 0 Å². The van der Waals surface area contributed by atoms with E-state index in [2.05, 4.69) is 9.98 Å². The van der Waals surface area contributed by atoms with Crippen LogP contribution in [0.2, 0.25) is 0 Å². The van der Waals surface area contributed by atoms with Crippen LogP contribution in [0.1, 0.15) is 11.1 Å². The van der Waals surface area contributed by atoms with Crippen LogP contribution >= 0.6 is 0 Å². The smallest absolute Gasteiger partial charge is 0.335 e.